The molecular formula is C9H18BrN. The molecule has 1 rings (SSSR count). The van der Waals surface area contributed by atoms with Crippen LogP contribution in [0.5, 0.6) is 0 Å². The van der Waals surface area contributed by atoms with E-state index in [1.807, 2.05) is 0 Å². The summed E-state index contributed by atoms with van der Waals surface area (Å²) in [4.78, 5) is 3.37. The lowest BCUT2D eigenvalue weighted by Crippen LogP contribution is -2.25. The fraction of sp³-hybridized carbons (Fsp3) is 1.00. The van der Waals surface area contributed by atoms with Gasteiger partial charge in [-0.05, 0) is 45.3 Å². The fourth-order valence-corrected chi connectivity index (χ4v) is 2.18. The molecular weight excluding hydrogens is 202 g/mol. The van der Waals surface area contributed by atoms with Crippen molar-refractivity contribution in [3.8, 4) is 0 Å². The number of likely N-dealkylation sites (tertiary alicyclic amines) is 1. The third kappa shape index (κ3) is 3.57. The molecule has 0 radical (unpaired) electrons. The van der Waals surface area contributed by atoms with Gasteiger partial charge in [-0.25, -0.2) is 0 Å². The molecule has 2 heteroatoms. The molecule has 1 unspecified atom stereocenters. The van der Waals surface area contributed by atoms with E-state index >= 15 is 0 Å². The first-order valence-electron chi connectivity index (χ1n) is 4.69. The SMILES string of the molecule is CCCN1CCCC(Br)CC1. The van der Waals surface area contributed by atoms with Gasteiger partial charge < -0.3 is 4.90 Å². The first-order valence-corrected chi connectivity index (χ1v) is 5.61. The van der Waals surface area contributed by atoms with Crippen molar-refractivity contribution in [3.63, 3.8) is 0 Å². The highest BCUT2D eigenvalue weighted by Gasteiger charge is 2.13. The predicted octanol–water partition coefficient (Wildman–Crippen LogP) is 2.65. The van der Waals surface area contributed by atoms with Crippen LogP contribution in [0.3, 0.4) is 0 Å². The molecule has 1 aliphatic rings. The quantitative estimate of drug-likeness (QED) is 0.646. The molecule has 0 saturated carbocycles. The van der Waals surface area contributed by atoms with Crippen molar-refractivity contribution in [1.29, 1.82) is 0 Å². The van der Waals surface area contributed by atoms with Crippen LogP contribution in [0.15, 0.2) is 0 Å². The second-order valence-electron chi connectivity index (χ2n) is 3.37. The molecule has 0 aromatic heterocycles. The smallest absolute Gasteiger partial charge is 0.0158 e. The molecule has 1 atom stereocenters. The number of alkyl halides is 1. The van der Waals surface area contributed by atoms with Gasteiger partial charge in [0.25, 0.3) is 0 Å². The Morgan fingerprint density at radius 3 is 2.91 bits per heavy atom. The van der Waals surface area contributed by atoms with Crippen molar-refractivity contribution >= 4 is 15.9 Å². The van der Waals surface area contributed by atoms with Gasteiger partial charge in [-0.3, -0.25) is 0 Å². The third-order valence-electron chi connectivity index (χ3n) is 2.29. The Bertz CT molecular complexity index is 106. The Balaban J connectivity index is 2.22. The molecule has 0 bridgehead atoms. The van der Waals surface area contributed by atoms with Gasteiger partial charge in [0.1, 0.15) is 0 Å². The average Bonchev–Trinajstić information content (AvgIpc) is 2.17. The van der Waals surface area contributed by atoms with Crippen molar-refractivity contribution in [1.82, 2.24) is 4.90 Å². The largest absolute Gasteiger partial charge is 0.303 e. The van der Waals surface area contributed by atoms with Gasteiger partial charge in [0.2, 0.25) is 0 Å². The molecule has 0 spiro atoms. The zero-order chi connectivity index (χ0) is 8.10. The number of hydrogen-bond donors (Lipinski definition) is 0. The molecule has 0 amide bonds. The second-order valence-corrected chi connectivity index (χ2v) is 4.66. The first kappa shape index (κ1) is 9.53. The van der Waals surface area contributed by atoms with Gasteiger partial charge in [-0.15, -0.1) is 0 Å². The Labute approximate surface area is 78.3 Å². The Hall–Kier alpha value is 0.440. The van der Waals surface area contributed by atoms with Crippen LogP contribution in [0.4, 0.5) is 0 Å². The fourth-order valence-electron chi connectivity index (χ4n) is 1.66. The molecule has 1 fully saturated rings. The maximum absolute atomic E-state index is 3.69. The molecule has 1 heterocycles. The molecule has 11 heavy (non-hydrogen) atoms. The summed E-state index contributed by atoms with van der Waals surface area (Å²) in [5, 5.41) is 0. The molecule has 0 aliphatic carbocycles. The highest BCUT2D eigenvalue weighted by Crippen LogP contribution is 2.17. The second kappa shape index (κ2) is 5.15. The maximum Gasteiger partial charge on any atom is 0.0158 e. The summed E-state index contributed by atoms with van der Waals surface area (Å²) >= 11 is 3.69. The molecule has 1 nitrogen and oxygen atoms in total. The highest BCUT2D eigenvalue weighted by molar-refractivity contribution is 9.09. The Kier molecular flexibility index (Phi) is 4.46. The zero-order valence-electron chi connectivity index (χ0n) is 7.35. The third-order valence-corrected chi connectivity index (χ3v) is 3.21. The summed E-state index contributed by atoms with van der Waals surface area (Å²) in [5.74, 6) is 0. The van der Waals surface area contributed by atoms with Crippen LogP contribution in [-0.2, 0) is 0 Å². The Morgan fingerprint density at radius 1 is 1.36 bits per heavy atom. The van der Waals surface area contributed by atoms with E-state index in [-0.39, 0.29) is 0 Å². The summed E-state index contributed by atoms with van der Waals surface area (Å²) in [7, 11) is 0. The summed E-state index contributed by atoms with van der Waals surface area (Å²) in [6.45, 7) is 6.16. The van der Waals surface area contributed by atoms with Gasteiger partial charge in [-0.2, -0.15) is 0 Å². The maximum atomic E-state index is 3.69. The van der Waals surface area contributed by atoms with Crippen LogP contribution in [0.25, 0.3) is 0 Å². The number of nitrogens with zero attached hydrogens (tertiary/aromatic N) is 1. The first-order chi connectivity index (χ1) is 5.33. The van der Waals surface area contributed by atoms with E-state index in [1.54, 1.807) is 0 Å². The van der Waals surface area contributed by atoms with Crippen LogP contribution >= 0.6 is 15.9 Å². The number of hydrogen-bond acceptors (Lipinski definition) is 1. The van der Waals surface area contributed by atoms with Gasteiger partial charge >= 0.3 is 0 Å². The van der Waals surface area contributed by atoms with E-state index in [0.717, 1.165) is 4.83 Å². The number of rotatable bonds is 2. The van der Waals surface area contributed by atoms with Crippen LogP contribution in [0.1, 0.15) is 32.6 Å². The molecule has 0 N–H and O–H groups in total. The van der Waals surface area contributed by atoms with E-state index in [9.17, 15) is 0 Å². The van der Waals surface area contributed by atoms with E-state index in [4.69, 9.17) is 0 Å². The van der Waals surface area contributed by atoms with Gasteiger partial charge in [0.15, 0.2) is 0 Å². The minimum atomic E-state index is 0.782. The van der Waals surface area contributed by atoms with Crippen LogP contribution < -0.4 is 0 Å². The molecule has 0 aromatic carbocycles. The number of halogens is 1. The van der Waals surface area contributed by atoms with Crippen LogP contribution in [-0.4, -0.2) is 29.4 Å². The van der Waals surface area contributed by atoms with Gasteiger partial charge in [-0.1, -0.05) is 22.9 Å². The van der Waals surface area contributed by atoms with E-state index in [2.05, 4.69) is 27.8 Å². The van der Waals surface area contributed by atoms with Crippen molar-refractivity contribution in [3.05, 3.63) is 0 Å². The normalized spacial score (nSPS) is 28.4. The van der Waals surface area contributed by atoms with Crippen molar-refractivity contribution < 1.29 is 0 Å². The van der Waals surface area contributed by atoms with Crippen molar-refractivity contribution in [2.45, 2.75) is 37.4 Å². The van der Waals surface area contributed by atoms with E-state index in [1.165, 1.54) is 45.3 Å². The molecule has 1 aliphatic heterocycles. The molecule has 0 aromatic rings. The zero-order valence-corrected chi connectivity index (χ0v) is 8.94. The lowest BCUT2D eigenvalue weighted by molar-refractivity contribution is 0.286. The summed E-state index contributed by atoms with van der Waals surface area (Å²) in [6, 6.07) is 0. The van der Waals surface area contributed by atoms with Gasteiger partial charge in [0, 0.05) is 4.83 Å². The Morgan fingerprint density at radius 2 is 2.18 bits per heavy atom. The summed E-state index contributed by atoms with van der Waals surface area (Å²) in [5.41, 5.74) is 0. The predicted molar refractivity (Wildman–Crippen MR) is 53.3 cm³/mol. The van der Waals surface area contributed by atoms with Crippen LogP contribution in [0, 0.1) is 0 Å². The van der Waals surface area contributed by atoms with Gasteiger partial charge in [0.05, 0.1) is 0 Å². The highest BCUT2D eigenvalue weighted by atomic mass is 79.9. The van der Waals surface area contributed by atoms with E-state index < -0.39 is 0 Å². The van der Waals surface area contributed by atoms with E-state index in [0.29, 0.717) is 0 Å². The summed E-state index contributed by atoms with van der Waals surface area (Å²) in [6.07, 6.45) is 5.36. The lowest BCUT2D eigenvalue weighted by Gasteiger charge is -2.18. The molecule has 1 saturated heterocycles. The summed E-state index contributed by atoms with van der Waals surface area (Å²) < 4.78 is 0. The lowest BCUT2D eigenvalue weighted by atomic mass is 10.2. The standard InChI is InChI=1S/C9H18BrN/c1-2-6-11-7-3-4-9(10)5-8-11/h9H,2-8H2,1H3. The minimum Gasteiger partial charge on any atom is -0.303 e. The topological polar surface area (TPSA) is 3.24 Å². The van der Waals surface area contributed by atoms with Crippen molar-refractivity contribution in [2.24, 2.45) is 0 Å². The monoisotopic (exact) mass is 219 g/mol. The average molecular weight is 220 g/mol. The minimum absolute atomic E-state index is 0.782. The molecule has 66 valence electrons. The van der Waals surface area contributed by atoms with Crippen LogP contribution in [0.2, 0.25) is 0 Å². The van der Waals surface area contributed by atoms with Crippen molar-refractivity contribution in [2.75, 3.05) is 19.6 Å².